The summed E-state index contributed by atoms with van der Waals surface area (Å²) in [7, 11) is 4.03. The van der Waals surface area contributed by atoms with Crippen molar-refractivity contribution in [1.29, 1.82) is 0 Å². The summed E-state index contributed by atoms with van der Waals surface area (Å²) >= 11 is 0. The summed E-state index contributed by atoms with van der Waals surface area (Å²) in [6, 6.07) is 35.4. The van der Waals surface area contributed by atoms with Crippen molar-refractivity contribution in [3.05, 3.63) is 137 Å². The molecule has 2 N–H and O–H groups in total. The molecule has 0 spiro atoms. The fraction of sp³-hybridized carbons (Fsp3) is 0.297. The van der Waals surface area contributed by atoms with Crippen LogP contribution in [0.25, 0.3) is 5.57 Å². The van der Waals surface area contributed by atoms with Gasteiger partial charge in [0.05, 0.1) is 0 Å². The third kappa shape index (κ3) is 7.48. The molecule has 4 heteroatoms. The molecule has 1 aliphatic carbocycles. The molecule has 3 nitrogen and oxygen atoms in total. The number of benzene rings is 4. The summed E-state index contributed by atoms with van der Waals surface area (Å²) in [5.74, 6) is 0. The minimum Gasteiger partial charge on any atom is -0.341 e. The molecule has 0 bridgehead atoms. The van der Waals surface area contributed by atoms with Crippen LogP contribution in [0.2, 0.25) is 0 Å². The van der Waals surface area contributed by atoms with Gasteiger partial charge in [0.15, 0.2) is 0 Å². The second-order valence-corrected chi connectivity index (χ2v) is 10.7. The first-order valence-electron chi connectivity index (χ1n) is 14.9. The van der Waals surface area contributed by atoms with E-state index in [9.17, 15) is 0 Å². The highest BCUT2D eigenvalue weighted by Crippen LogP contribution is 2.36. The van der Waals surface area contributed by atoms with Gasteiger partial charge in [0.2, 0.25) is 0 Å². The van der Waals surface area contributed by atoms with Crippen molar-refractivity contribution in [1.82, 2.24) is 10.6 Å². The molecular weight excluding hydrogens is 522 g/mol. The largest absolute Gasteiger partial charge is 0.341 e. The lowest BCUT2D eigenvalue weighted by atomic mass is 9.93. The van der Waals surface area contributed by atoms with Crippen molar-refractivity contribution in [2.45, 2.75) is 38.5 Å². The first-order valence-corrected chi connectivity index (χ1v) is 14.9. The van der Waals surface area contributed by atoms with Crippen LogP contribution in [0.1, 0.15) is 46.2 Å². The van der Waals surface area contributed by atoms with Gasteiger partial charge in [-0.25, -0.2) is 0 Å². The fourth-order valence-corrected chi connectivity index (χ4v) is 6.02. The highest BCUT2D eigenvalue weighted by molar-refractivity contribution is 5.85. The number of hydrogen-bond acceptors (Lipinski definition) is 3. The monoisotopic (exact) mass is 565 g/mol. The number of hydrogen-bond donors (Lipinski definition) is 2. The summed E-state index contributed by atoms with van der Waals surface area (Å²) in [5.41, 5.74) is 12.9. The number of nitrogens with one attached hydrogen (secondary N) is 2. The second-order valence-electron chi connectivity index (χ2n) is 10.7. The minimum absolute atomic E-state index is 0. The molecule has 0 aromatic heterocycles. The predicted octanol–water partition coefficient (Wildman–Crippen LogP) is 7.78. The van der Waals surface area contributed by atoms with E-state index in [4.69, 9.17) is 0 Å². The van der Waals surface area contributed by atoms with Crippen molar-refractivity contribution in [2.75, 3.05) is 38.6 Å². The highest BCUT2D eigenvalue weighted by Gasteiger charge is 2.19. The molecular formula is C37H44ClN3. The van der Waals surface area contributed by atoms with Crippen LogP contribution in [0.3, 0.4) is 0 Å². The standard InChI is InChI=1S/C19H21N.C18H22N2.ClH/c1-20-14-6-11-19-17-9-4-2-7-15(17)12-13-16-8-3-5-10-18(16)19;1-19-13-6-14-20-17-9-4-2-7-15(17)11-12-16-8-3-5-10-18(16)20;/h2-5,7-11,20H,6,12-14H2,1H3;2-5,7-10,19H,6,11-14H2,1H3;1H. The Hall–Kier alpha value is -3.37. The SMILES string of the molecule is CNCCC=C1c2ccccc2CCc2ccccc21.CNCCCN1c2ccccc2CCc2ccccc21.Cl. The Kier molecular flexibility index (Phi) is 11.6. The van der Waals surface area contributed by atoms with Gasteiger partial charge in [-0.05, 0) is 117 Å². The van der Waals surface area contributed by atoms with Crippen molar-refractivity contribution in [3.8, 4) is 0 Å². The minimum atomic E-state index is 0. The van der Waals surface area contributed by atoms with Crippen molar-refractivity contribution >= 4 is 29.4 Å². The quantitative estimate of drug-likeness (QED) is 0.224. The van der Waals surface area contributed by atoms with Gasteiger partial charge in [0.25, 0.3) is 0 Å². The van der Waals surface area contributed by atoms with Crippen LogP contribution in [0.5, 0.6) is 0 Å². The van der Waals surface area contributed by atoms with Crippen LogP contribution in [0, 0.1) is 0 Å². The van der Waals surface area contributed by atoms with E-state index in [1.807, 2.05) is 14.1 Å². The first kappa shape index (κ1) is 30.6. The molecule has 0 saturated heterocycles. The van der Waals surface area contributed by atoms with Gasteiger partial charge in [-0.2, -0.15) is 0 Å². The summed E-state index contributed by atoms with van der Waals surface area (Å²) < 4.78 is 0. The summed E-state index contributed by atoms with van der Waals surface area (Å²) in [4.78, 5) is 2.50. The topological polar surface area (TPSA) is 27.3 Å². The zero-order valence-corrected chi connectivity index (χ0v) is 25.4. The van der Waals surface area contributed by atoms with Gasteiger partial charge in [-0.15, -0.1) is 12.4 Å². The van der Waals surface area contributed by atoms with Crippen molar-refractivity contribution < 1.29 is 0 Å². The number of halogens is 1. The Morgan fingerprint density at radius 2 is 1.02 bits per heavy atom. The van der Waals surface area contributed by atoms with E-state index >= 15 is 0 Å². The molecule has 4 aromatic rings. The van der Waals surface area contributed by atoms with Gasteiger partial charge < -0.3 is 15.5 Å². The zero-order chi connectivity index (χ0) is 27.6. The molecule has 0 atom stereocenters. The van der Waals surface area contributed by atoms with E-state index in [-0.39, 0.29) is 12.4 Å². The van der Waals surface area contributed by atoms with Crippen LogP contribution < -0.4 is 15.5 Å². The van der Waals surface area contributed by atoms with E-state index in [1.54, 1.807) is 0 Å². The molecule has 41 heavy (non-hydrogen) atoms. The molecule has 6 rings (SSSR count). The number of aryl methyl sites for hydroxylation is 4. The van der Waals surface area contributed by atoms with Crippen LogP contribution in [-0.2, 0) is 25.7 Å². The average molecular weight is 566 g/mol. The van der Waals surface area contributed by atoms with E-state index in [2.05, 4.69) is 119 Å². The Labute approximate surface area is 253 Å². The smallest absolute Gasteiger partial charge is 0.0443 e. The number of fused-ring (bicyclic) bond motifs is 4. The van der Waals surface area contributed by atoms with Gasteiger partial charge in [-0.3, -0.25) is 0 Å². The molecule has 0 radical (unpaired) electrons. The molecule has 0 unspecified atom stereocenters. The first-order chi connectivity index (χ1) is 19.8. The van der Waals surface area contributed by atoms with Crippen molar-refractivity contribution in [2.24, 2.45) is 0 Å². The molecule has 1 aliphatic heterocycles. The molecule has 0 amide bonds. The maximum absolute atomic E-state index is 3.24. The highest BCUT2D eigenvalue weighted by atomic mass is 35.5. The lowest BCUT2D eigenvalue weighted by Gasteiger charge is -2.27. The third-order valence-corrected chi connectivity index (χ3v) is 8.06. The number of para-hydroxylation sites is 2. The van der Waals surface area contributed by atoms with Crippen molar-refractivity contribution in [3.63, 3.8) is 0 Å². The maximum atomic E-state index is 3.24. The molecule has 0 fully saturated rings. The summed E-state index contributed by atoms with van der Waals surface area (Å²) in [6.45, 7) is 3.14. The maximum Gasteiger partial charge on any atom is 0.0443 e. The van der Waals surface area contributed by atoms with Crippen LogP contribution in [0.4, 0.5) is 11.4 Å². The third-order valence-electron chi connectivity index (χ3n) is 8.06. The Morgan fingerprint density at radius 3 is 1.54 bits per heavy atom. The normalized spacial score (nSPS) is 13.1. The predicted molar refractivity (Wildman–Crippen MR) is 179 cm³/mol. The Bertz CT molecular complexity index is 1330. The van der Waals surface area contributed by atoms with E-state index in [0.29, 0.717) is 0 Å². The number of anilines is 2. The fourth-order valence-electron chi connectivity index (χ4n) is 6.02. The molecule has 1 heterocycles. The Morgan fingerprint density at radius 1 is 0.585 bits per heavy atom. The second kappa shape index (κ2) is 15.6. The molecule has 214 valence electrons. The van der Waals surface area contributed by atoms with E-state index in [0.717, 1.165) is 58.2 Å². The molecule has 2 aliphatic rings. The average Bonchev–Trinajstić information content (AvgIpc) is 3.27. The molecule has 4 aromatic carbocycles. The van der Waals surface area contributed by atoms with E-state index in [1.165, 1.54) is 50.3 Å². The summed E-state index contributed by atoms with van der Waals surface area (Å²) in [5, 5.41) is 6.47. The van der Waals surface area contributed by atoms with Crippen LogP contribution in [0.15, 0.2) is 103 Å². The van der Waals surface area contributed by atoms with Gasteiger partial charge in [0, 0.05) is 17.9 Å². The zero-order valence-electron chi connectivity index (χ0n) is 24.5. The van der Waals surface area contributed by atoms with Gasteiger partial charge in [0.1, 0.15) is 0 Å². The van der Waals surface area contributed by atoms with Crippen LogP contribution >= 0.6 is 12.4 Å². The van der Waals surface area contributed by atoms with Gasteiger partial charge in [-0.1, -0.05) is 91.0 Å². The molecule has 0 saturated carbocycles. The lowest BCUT2D eigenvalue weighted by molar-refractivity contribution is 0.723. The summed E-state index contributed by atoms with van der Waals surface area (Å²) in [6.07, 6.45) is 9.14. The Balaban J connectivity index is 0.000000184. The van der Waals surface area contributed by atoms with E-state index < -0.39 is 0 Å². The lowest BCUT2D eigenvalue weighted by Crippen LogP contribution is -2.22. The number of nitrogens with zero attached hydrogens (tertiary/aromatic N) is 1. The van der Waals surface area contributed by atoms with Crippen LogP contribution in [-0.4, -0.2) is 33.7 Å². The number of rotatable bonds is 7. The van der Waals surface area contributed by atoms with Gasteiger partial charge >= 0.3 is 0 Å².